The second-order valence-corrected chi connectivity index (χ2v) is 9.27. The van der Waals surface area contributed by atoms with Crippen LogP contribution in [0.3, 0.4) is 0 Å². The lowest BCUT2D eigenvalue weighted by molar-refractivity contribution is 0.203. The second kappa shape index (κ2) is 7.93. The molecular formula is C24H22FNO2S. The Labute approximate surface area is 171 Å². The zero-order valence-electron chi connectivity index (χ0n) is 16.1. The average Bonchev–Trinajstić information content (AvgIpc) is 2.68. The maximum Gasteiger partial charge on any atom is 0.176 e. The largest absolute Gasteiger partial charge is 0.284 e. The molecule has 0 atom stereocenters. The van der Waals surface area contributed by atoms with Gasteiger partial charge in [-0.05, 0) is 22.8 Å². The summed E-state index contributed by atoms with van der Waals surface area (Å²) in [5.41, 5.74) is 3.18. The number of halogens is 1. The average molecular weight is 408 g/mol. The van der Waals surface area contributed by atoms with Crippen molar-refractivity contribution in [1.29, 1.82) is 0 Å². The zero-order chi connectivity index (χ0) is 20.4. The number of benzene rings is 3. The van der Waals surface area contributed by atoms with Crippen molar-refractivity contribution < 1.29 is 12.8 Å². The SMILES string of the molecule is CS(=O)(=O)C(=C1CN(C(c2ccccc2)c2ccccc2)C1)c1ccccc1F. The van der Waals surface area contributed by atoms with Gasteiger partial charge in [0.2, 0.25) is 0 Å². The van der Waals surface area contributed by atoms with Gasteiger partial charge in [-0.2, -0.15) is 0 Å². The number of nitrogens with zero attached hydrogens (tertiary/aromatic N) is 1. The summed E-state index contributed by atoms with van der Waals surface area (Å²) in [5, 5.41) is 0. The van der Waals surface area contributed by atoms with Crippen LogP contribution < -0.4 is 0 Å². The van der Waals surface area contributed by atoms with Crippen LogP contribution in [0, 0.1) is 5.82 Å². The van der Waals surface area contributed by atoms with Crippen LogP contribution in [0.1, 0.15) is 22.7 Å². The fourth-order valence-electron chi connectivity index (χ4n) is 3.95. The van der Waals surface area contributed by atoms with Crippen molar-refractivity contribution >= 4 is 14.7 Å². The Morgan fingerprint density at radius 2 is 1.31 bits per heavy atom. The smallest absolute Gasteiger partial charge is 0.176 e. The minimum Gasteiger partial charge on any atom is -0.284 e. The highest BCUT2D eigenvalue weighted by molar-refractivity contribution is 8.00. The molecular weight excluding hydrogens is 385 g/mol. The maximum atomic E-state index is 14.4. The highest BCUT2D eigenvalue weighted by atomic mass is 32.2. The summed E-state index contributed by atoms with van der Waals surface area (Å²) in [6.45, 7) is 0.955. The Morgan fingerprint density at radius 3 is 1.79 bits per heavy atom. The van der Waals surface area contributed by atoms with Crippen molar-refractivity contribution in [2.75, 3.05) is 19.3 Å². The summed E-state index contributed by atoms with van der Waals surface area (Å²) in [6.07, 6.45) is 1.15. The van der Waals surface area contributed by atoms with Crippen LogP contribution >= 0.6 is 0 Å². The van der Waals surface area contributed by atoms with Crippen LogP contribution in [-0.2, 0) is 9.84 Å². The first-order chi connectivity index (χ1) is 13.9. The molecule has 3 aromatic carbocycles. The van der Waals surface area contributed by atoms with Gasteiger partial charge in [-0.15, -0.1) is 0 Å². The van der Waals surface area contributed by atoms with Crippen molar-refractivity contribution in [3.05, 3.63) is 113 Å². The van der Waals surface area contributed by atoms with Crippen molar-refractivity contribution in [3.8, 4) is 0 Å². The summed E-state index contributed by atoms with van der Waals surface area (Å²) < 4.78 is 39.3. The summed E-state index contributed by atoms with van der Waals surface area (Å²) >= 11 is 0. The molecule has 0 unspecified atom stereocenters. The molecule has 1 aliphatic heterocycles. The van der Waals surface area contributed by atoms with E-state index in [9.17, 15) is 12.8 Å². The van der Waals surface area contributed by atoms with Gasteiger partial charge in [0.15, 0.2) is 9.84 Å². The molecule has 0 bridgehead atoms. The van der Waals surface area contributed by atoms with Gasteiger partial charge in [0.05, 0.1) is 10.9 Å². The van der Waals surface area contributed by atoms with Crippen LogP contribution in [-0.4, -0.2) is 32.7 Å². The first-order valence-electron chi connectivity index (χ1n) is 9.46. The van der Waals surface area contributed by atoms with Gasteiger partial charge >= 0.3 is 0 Å². The first kappa shape index (κ1) is 19.6. The molecule has 0 saturated carbocycles. The molecule has 0 aromatic heterocycles. The number of likely N-dealkylation sites (tertiary alicyclic amines) is 1. The molecule has 5 heteroatoms. The van der Waals surface area contributed by atoms with E-state index in [0.29, 0.717) is 13.1 Å². The molecule has 4 rings (SSSR count). The molecule has 0 spiro atoms. The highest BCUT2D eigenvalue weighted by Crippen LogP contribution is 2.38. The van der Waals surface area contributed by atoms with Crippen molar-refractivity contribution in [2.24, 2.45) is 0 Å². The van der Waals surface area contributed by atoms with Gasteiger partial charge in [-0.3, -0.25) is 4.90 Å². The molecule has 1 saturated heterocycles. The minimum atomic E-state index is -3.57. The summed E-state index contributed by atoms with van der Waals surface area (Å²) in [7, 11) is -3.57. The van der Waals surface area contributed by atoms with E-state index in [2.05, 4.69) is 29.2 Å². The Bertz CT molecular complexity index is 1090. The van der Waals surface area contributed by atoms with E-state index in [1.807, 2.05) is 36.4 Å². The first-order valence-corrected chi connectivity index (χ1v) is 11.3. The van der Waals surface area contributed by atoms with Crippen LogP contribution in [0.25, 0.3) is 4.91 Å². The topological polar surface area (TPSA) is 37.4 Å². The van der Waals surface area contributed by atoms with Gasteiger partial charge in [-0.25, -0.2) is 12.8 Å². The summed E-state index contributed by atoms with van der Waals surface area (Å²) in [5.74, 6) is -0.512. The molecule has 29 heavy (non-hydrogen) atoms. The van der Waals surface area contributed by atoms with Crippen molar-refractivity contribution in [1.82, 2.24) is 4.90 Å². The molecule has 0 aliphatic carbocycles. The fraction of sp³-hybridized carbons (Fsp3) is 0.167. The Hall–Kier alpha value is -2.76. The van der Waals surface area contributed by atoms with Crippen LogP contribution in [0.15, 0.2) is 90.5 Å². The number of hydrogen-bond acceptors (Lipinski definition) is 3. The van der Waals surface area contributed by atoms with Gasteiger partial charge in [0.1, 0.15) is 5.82 Å². The Morgan fingerprint density at radius 1 is 0.828 bits per heavy atom. The molecule has 1 heterocycles. The monoisotopic (exact) mass is 407 g/mol. The quantitative estimate of drug-likeness (QED) is 0.616. The van der Waals surface area contributed by atoms with Gasteiger partial charge in [0.25, 0.3) is 0 Å². The maximum absolute atomic E-state index is 14.4. The zero-order valence-corrected chi connectivity index (χ0v) is 16.9. The second-order valence-electron chi connectivity index (χ2n) is 7.31. The molecule has 1 fully saturated rings. The number of hydrogen-bond donors (Lipinski definition) is 0. The van der Waals surface area contributed by atoms with E-state index in [0.717, 1.165) is 23.0 Å². The third kappa shape index (κ3) is 4.02. The van der Waals surface area contributed by atoms with Crippen LogP contribution in [0.2, 0.25) is 0 Å². The Balaban J connectivity index is 1.72. The predicted octanol–water partition coefficient (Wildman–Crippen LogP) is 4.69. The van der Waals surface area contributed by atoms with E-state index in [1.54, 1.807) is 12.1 Å². The molecule has 0 radical (unpaired) electrons. The third-order valence-corrected chi connectivity index (χ3v) is 6.44. The van der Waals surface area contributed by atoms with Gasteiger partial charge in [0, 0.05) is 24.9 Å². The minimum absolute atomic E-state index is 0.0163. The van der Waals surface area contributed by atoms with E-state index >= 15 is 0 Å². The lowest BCUT2D eigenvalue weighted by atomic mass is 9.92. The van der Waals surface area contributed by atoms with Crippen LogP contribution in [0.4, 0.5) is 4.39 Å². The molecule has 3 nitrogen and oxygen atoms in total. The van der Waals surface area contributed by atoms with Gasteiger partial charge in [-0.1, -0.05) is 78.9 Å². The number of rotatable bonds is 5. The standard InChI is InChI=1S/C24H22FNO2S/c1-29(27,28)24(21-14-8-9-15-22(21)25)20-16-26(17-20)23(18-10-4-2-5-11-18)19-12-6-3-7-13-19/h2-15,23H,16-17H2,1H3. The summed E-state index contributed by atoms with van der Waals surface area (Å²) in [6, 6.07) is 26.4. The molecule has 0 amide bonds. The van der Waals surface area contributed by atoms with Gasteiger partial charge < -0.3 is 0 Å². The highest BCUT2D eigenvalue weighted by Gasteiger charge is 2.35. The van der Waals surface area contributed by atoms with Crippen molar-refractivity contribution in [3.63, 3.8) is 0 Å². The van der Waals surface area contributed by atoms with E-state index in [-0.39, 0.29) is 16.5 Å². The fourth-order valence-corrected chi connectivity index (χ4v) is 5.17. The van der Waals surface area contributed by atoms with E-state index in [1.165, 1.54) is 12.1 Å². The van der Waals surface area contributed by atoms with E-state index < -0.39 is 15.7 Å². The van der Waals surface area contributed by atoms with E-state index in [4.69, 9.17) is 0 Å². The number of sulfone groups is 1. The lowest BCUT2D eigenvalue weighted by Gasteiger charge is -2.42. The van der Waals surface area contributed by atoms with Crippen molar-refractivity contribution in [2.45, 2.75) is 6.04 Å². The third-order valence-electron chi connectivity index (χ3n) is 5.19. The molecule has 148 valence electrons. The molecule has 1 aliphatic rings. The molecule has 3 aromatic rings. The normalized spacial score (nSPS) is 14.7. The lowest BCUT2D eigenvalue weighted by Crippen LogP contribution is -2.44. The Kier molecular flexibility index (Phi) is 5.35. The summed E-state index contributed by atoms with van der Waals surface area (Å²) in [4.78, 5) is 2.33. The molecule has 0 N–H and O–H groups in total. The van der Waals surface area contributed by atoms with Crippen LogP contribution in [0.5, 0.6) is 0 Å². The predicted molar refractivity (Wildman–Crippen MR) is 114 cm³/mol.